The number of nitrogens with one attached hydrogen (secondary N) is 1. The molecule has 1 aliphatic rings. The van der Waals surface area contributed by atoms with Crippen LogP contribution in [0.4, 0.5) is 11.4 Å². The number of carbonyl (C=O) groups is 1. The van der Waals surface area contributed by atoms with Gasteiger partial charge < -0.3 is 16.2 Å². The molecule has 1 unspecified atom stereocenters. The minimum absolute atomic E-state index is 0.162. The predicted octanol–water partition coefficient (Wildman–Crippen LogP) is 1.32. The summed E-state index contributed by atoms with van der Waals surface area (Å²) in [7, 11) is 0. The van der Waals surface area contributed by atoms with E-state index in [4.69, 9.17) is 17.3 Å². The van der Waals surface area contributed by atoms with Crippen molar-refractivity contribution in [2.75, 3.05) is 30.7 Å². The first kappa shape index (κ1) is 14.1. The van der Waals surface area contributed by atoms with Crippen molar-refractivity contribution < 1.29 is 9.90 Å². The van der Waals surface area contributed by atoms with Crippen LogP contribution in [0.2, 0.25) is 5.02 Å². The number of aliphatic hydroxyl groups is 1. The van der Waals surface area contributed by atoms with Gasteiger partial charge in [-0.15, -0.1) is 0 Å². The van der Waals surface area contributed by atoms with Crippen LogP contribution in [0.1, 0.15) is 13.3 Å². The molecule has 0 spiro atoms. The number of likely N-dealkylation sites (tertiary alicyclic amines) is 1. The Morgan fingerprint density at radius 1 is 1.63 bits per heavy atom. The van der Waals surface area contributed by atoms with Gasteiger partial charge in [-0.3, -0.25) is 9.69 Å². The van der Waals surface area contributed by atoms with E-state index in [1.54, 1.807) is 25.1 Å². The molecule has 0 aliphatic carbocycles. The number of anilines is 2. The van der Waals surface area contributed by atoms with Gasteiger partial charge in [0, 0.05) is 18.8 Å². The number of halogens is 1. The topological polar surface area (TPSA) is 78.6 Å². The number of hydrogen-bond donors (Lipinski definition) is 3. The highest BCUT2D eigenvalue weighted by Gasteiger charge is 2.32. The number of nitrogen functional groups attached to an aromatic ring is 1. The minimum atomic E-state index is -0.699. The summed E-state index contributed by atoms with van der Waals surface area (Å²) in [6.45, 7) is 3.23. The first-order chi connectivity index (χ1) is 8.85. The van der Waals surface area contributed by atoms with Crippen LogP contribution in [-0.2, 0) is 4.79 Å². The largest absolute Gasteiger partial charge is 0.399 e. The van der Waals surface area contributed by atoms with Crippen molar-refractivity contribution in [3.63, 3.8) is 0 Å². The molecule has 1 heterocycles. The Labute approximate surface area is 117 Å². The Morgan fingerprint density at radius 2 is 2.37 bits per heavy atom. The van der Waals surface area contributed by atoms with Crippen LogP contribution in [0.25, 0.3) is 0 Å². The zero-order valence-corrected chi connectivity index (χ0v) is 11.6. The molecule has 5 nitrogen and oxygen atoms in total. The first-order valence-corrected chi connectivity index (χ1v) is 6.53. The second-order valence-corrected chi connectivity index (χ2v) is 5.65. The smallest absolute Gasteiger partial charge is 0.238 e. The van der Waals surface area contributed by atoms with Gasteiger partial charge >= 0.3 is 0 Å². The summed E-state index contributed by atoms with van der Waals surface area (Å²) in [5.41, 5.74) is 6.01. The second kappa shape index (κ2) is 5.36. The second-order valence-electron chi connectivity index (χ2n) is 5.25. The van der Waals surface area contributed by atoms with Crippen LogP contribution >= 0.6 is 11.6 Å². The lowest BCUT2D eigenvalue weighted by atomic mass is 10.1. The maximum absolute atomic E-state index is 11.9. The third-order valence-electron chi connectivity index (χ3n) is 3.16. The fraction of sp³-hybridized carbons (Fsp3) is 0.462. The summed E-state index contributed by atoms with van der Waals surface area (Å²) in [6, 6.07) is 4.95. The van der Waals surface area contributed by atoms with Crippen molar-refractivity contribution in [3.8, 4) is 0 Å². The Bertz CT molecular complexity index is 491. The van der Waals surface area contributed by atoms with Crippen LogP contribution in [0, 0.1) is 0 Å². The number of benzene rings is 1. The monoisotopic (exact) mass is 283 g/mol. The molecular formula is C13H18ClN3O2. The molecule has 1 aliphatic heterocycles. The molecule has 0 saturated carbocycles. The normalized spacial score (nSPS) is 23.5. The molecule has 6 heteroatoms. The van der Waals surface area contributed by atoms with Crippen molar-refractivity contribution in [2.24, 2.45) is 0 Å². The van der Waals surface area contributed by atoms with Gasteiger partial charge in [0.05, 0.1) is 22.9 Å². The number of nitrogens with zero attached hydrogens (tertiary/aromatic N) is 1. The minimum Gasteiger partial charge on any atom is -0.399 e. The number of carbonyl (C=O) groups excluding carboxylic acids is 1. The average molecular weight is 284 g/mol. The van der Waals surface area contributed by atoms with Crippen molar-refractivity contribution in [1.29, 1.82) is 0 Å². The van der Waals surface area contributed by atoms with Crippen LogP contribution in [-0.4, -0.2) is 41.1 Å². The highest BCUT2D eigenvalue weighted by Crippen LogP contribution is 2.24. The highest BCUT2D eigenvalue weighted by molar-refractivity contribution is 6.33. The van der Waals surface area contributed by atoms with Crippen LogP contribution in [0.15, 0.2) is 18.2 Å². The van der Waals surface area contributed by atoms with Gasteiger partial charge in [-0.25, -0.2) is 0 Å². The first-order valence-electron chi connectivity index (χ1n) is 6.15. The maximum Gasteiger partial charge on any atom is 0.238 e. The number of nitrogens with two attached hydrogens (primary N) is 1. The van der Waals surface area contributed by atoms with Crippen molar-refractivity contribution in [1.82, 2.24) is 4.90 Å². The highest BCUT2D eigenvalue weighted by atomic mass is 35.5. The van der Waals surface area contributed by atoms with E-state index in [1.165, 1.54) is 0 Å². The Kier molecular flexibility index (Phi) is 3.99. The zero-order chi connectivity index (χ0) is 14.0. The van der Waals surface area contributed by atoms with Gasteiger partial charge in [0.15, 0.2) is 0 Å². The Hall–Kier alpha value is -1.30. The molecule has 1 amide bonds. The molecule has 0 bridgehead atoms. The predicted molar refractivity (Wildman–Crippen MR) is 76.2 cm³/mol. The molecule has 4 N–H and O–H groups in total. The van der Waals surface area contributed by atoms with Gasteiger partial charge in [-0.1, -0.05) is 11.6 Å². The third-order valence-corrected chi connectivity index (χ3v) is 3.49. The SMILES string of the molecule is CC1(O)CCN(CC(=O)Nc2cc(N)ccc2Cl)C1. The molecule has 0 radical (unpaired) electrons. The van der Waals surface area contributed by atoms with E-state index in [-0.39, 0.29) is 12.5 Å². The number of β-amino-alcohol motifs (C(OH)–C–C–N with tert-alkyl or cyclic N) is 1. The van der Waals surface area contributed by atoms with Crippen molar-refractivity contribution in [3.05, 3.63) is 23.2 Å². The quantitative estimate of drug-likeness (QED) is 0.731. The Balaban J connectivity index is 1.93. The lowest BCUT2D eigenvalue weighted by molar-refractivity contribution is -0.117. The van der Waals surface area contributed by atoms with E-state index in [1.807, 2.05) is 4.90 Å². The molecule has 1 aromatic rings. The standard InChI is InChI=1S/C13H18ClN3O2/c1-13(19)4-5-17(8-13)7-12(18)16-11-6-9(15)2-3-10(11)14/h2-3,6,19H,4-5,7-8,15H2,1H3,(H,16,18). The van der Waals surface area contributed by atoms with Crippen LogP contribution in [0.3, 0.4) is 0 Å². The Morgan fingerprint density at radius 3 is 3.00 bits per heavy atom. The van der Waals surface area contributed by atoms with E-state index in [0.29, 0.717) is 35.9 Å². The van der Waals surface area contributed by atoms with Gasteiger partial charge in [0.25, 0.3) is 0 Å². The molecule has 0 aromatic heterocycles. The van der Waals surface area contributed by atoms with Gasteiger partial charge in [0.1, 0.15) is 0 Å². The molecule has 104 valence electrons. The van der Waals surface area contributed by atoms with Gasteiger partial charge in [-0.2, -0.15) is 0 Å². The van der Waals surface area contributed by atoms with Crippen molar-refractivity contribution >= 4 is 28.9 Å². The maximum atomic E-state index is 11.9. The van der Waals surface area contributed by atoms with E-state index < -0.39 is 5.60 Å². The molecule has 1 aromatic carbocycles. The summed E-state index contributed by atoms with van der Waals surface area (Å²) in [4.78, 5) is 13.8. The molecule has 19 heavy (non-hydrogen) atoms. The number of hydrogen-bond acceptors (Lipinski definition) is 4. The molecule has 1 atom stereocenters. The van der Waals surface area contributed by atoms with Crippen LogP contribution < -0.4 is 11.1 Å². The third kappa shape index (κ3) is 3.83. The summed E-state index contributed by atoms with van der Waals surface area (Å²) in [6.07, 6.45) is 0.680. The molecule has 2 rings (SSSR count). The van der Waals surface area contributed by atoms with E-state index in [0.717, 1.165) is 0 Å². The summed E-state index contributed by atoms with van der Waals surface area (Å²) < 4.78 is 0. The van der Waals surface area contributed by atoms with E-state index >= 15 is 0 Å². The summed E-state index contributed by atoms with van der Waals surface area (Å²) in [5, 5.41) is 13.0. The van der Waals surface area contributed by atoms with Crippen LogP contribution in [0.5, 0.6) is 0 Å². The lowest BCUT2D eigenvalue weighted by Crippen LogP contribution is -2.35. The van der Waals surface area contributed by atoms with Gasteiger partial charge in [-0.05, 0) is 31.5 Å². The molecule has 1 saturated heterocycles. The lowest BCUT2D eigenvalue weighted by Gasteiger charge is -2.18. The number of rotatable bonds is 3. The van der Waals surface area contributed by atoms with Crippen molar-refractivity contribution in [2.45, 2.75) is 18.9 Å². The summed E-state index contributed by atoms with van der Waals surface area (Å²) >= 11 is 5.98. The fourth-order valence-corrected chi connectivity index (χ4v) is 2.37. The molecular weight excluding hydrogens is 266 g/mol. The van der Waals surface area contributed by atoms with E-state index in [9.17, 15) is 9.90 Å². The fourth-order valence-electron chi connectivity index (χ4n) is 2.21. The van der Waals surface area contributed by atoms with E-state index in [2.05, 4.69) is 5.32 Å². The van der Waals surface area contributed by atoms with Gasteiger partial charge in [0.2, 0.25) is 5.91 Å². The average Bonchev–Trinajstić information content (AvgIpc) is 2.63. The number of amides is 1. The summed E-state index contributed by atoms with van der Waals surface area (Å²) in [5.74, 6) is -0.162. The zero-order valence-electron chi connectivity index (χ0n) is 10.8. The molecule has 1 fully saturated rings.